The lowest BCUT2D eigenvalue weighted by molar-refractivity contribution is 0.284. The fraction of sp³-hybridized carbons (Fsp3) is 0.400. The minimum Gasteiger partial charge on any atom is -0.391 e. The molecule has 1 aliphatic heterocycles. The van der Waals surface area contributed by atoms with Gasteiger partial charge >= 0.3 is 0 Å². The molecule has 0 aliphatic carbocycles. The number of nitrogens with zero attached hydrogens (tertiary/aromatic N) is 2. The van der Waals surface area contributed by atoms with Crippen molar-refractivity contribution in [3.63, 3.8) is 0 Å². The molecule has 0 saturated carbocycles. The van der Waals surface area contributed by atoms with Crippen molar-refractivity contribution in [2.45, 2.75) is 32.8 Å². The molecule has 1 aromatic carbocycles. The lowest BCUT2D eigenvalue weighted by Gasteiger charge is -2.15. The molecule has 1 aliphatic rings. The van der Waals surface area contributed by atoms with Crippen molar-refractivity contribution in [2.75, 3.05) is 11.4 Å². The fourth-order valence-corrected chi connectivity index (χ4v) is 3.60. The third-order valence-electron chi connectivity index (χ3n) is 3.57. The van der Waals surface area contributed by atoms with E-state index in [1.807, 2.05) is 6.07 Å². The lowest BCUT2D eigenvalue weighted by Crippen LogP contribution is -2.13. The Labute approximate surface area is 121 Å². The topological polar surface area (TPSA) is 36.4 Å². The third kappa shape index (κ3) is 2.31. The number of aromatic nitrogens is 1. The number of aryl methyl sites for hydroxylation is 1. The first kappa shape index (κ1) is 13.5. The van der Waals surface area contributed by atoms with Gasteiger partial charge < -0.3 is 10.0 Å². The Bertz CT molecular complexity index is 626. The smallest absolute Gasteiger partial charge is 0.190 e. The molecule has 1 aromatic heterocycles. The number of rotatable bonds is 4. The van der Waals surface area contributed by atoms with Gasteiger partial charge in [-0.1, -0.05) is 30.7 Å². The second kappa shape index (κ2) is 5.50. The van der Waals surface area contributed by atoms with Crippen LogP contribution in [-0.4, -0.2) is 16.6 Å². The number of aliphatic hydroxyl groups excluding tert-OH is 1. The number of fused-ring (bicyclic) bond motifs is 1. The Morgan fingerprint density at radius 3 is 3.05 bits per heavy atom. The second-order valence-electron chi connectivity index (χ2n) is 4.95. The molecule has 0 saturated heterocycles. The summed E-state index contributed by atoms with van der Waals surface area (Å²) >= 11 is 1.51. The Morgan fingerprint density at radius 1 is 1.45 bits per heavy atom. The van der Waals surface area contributed by atoms with Crippen molar-refractivity contribution in [2.24, 2.45) is 0 Å². The molecule has 106 valence electrons. The molecule has 3 rings (SSSR count). The maximum absolute atomic E-state index is 13.4. The van der Waals surface area contributed by atoms with Gasteiger partial charge in [0.25, 0.3) is 0 Å². The van der Waals surface area contributed by atoms with Crippen LogP contribution in [0.3, 0.4) is 0 Å². The first-order valence-electron chi connectivity index (χ1n) is 6.88. The molecule has 0 radical (unpaired) electrons. The highest BCUT2D eigenvalue weighted by atomic mass is 32.1. The van der Waals surface area contributed by atoms with Gasteiger partial charge in [0.2, 0.25) is 0 Å². The third-order valence-corrected chi connectivity index (χ3v) is 4.68. The molecule has 2 aromatic rings. The molecule has 2 heterocycles. The highest BCUT2D eigenvalue weighted by Gasteiger charge is 2.24. The molecule has 0 bridgehead atoms. The van der Waals surface area contributed by atoms with E-state index in [1.54, 1.807) is 6.07 Å². The predicted octanol–water partition coefficient (Wildman–Crippen LogP) is 3.42. The van der Waals surface area contributed by atoms with E-state index in [9.17, 15) is 9.50 Å². The summed E-state index contributed by atoms with van der Waals surface area (Å²) in [5.41, 5.74) is 3.04. The molecule has 0 spiro atoms. The van der Waals surface area contributed by atoms with Crippen LogP contribution in [-0.2, 0) is 19.4 Å². The Morgan fingerprint density at radius 2 is 2.30 bits per heavy atom. The van der Waals surface area contributed by atoms with Crippen molar-refractivity contribution in [3.8, 4) is 0 Å². The minimum absolute atomic E-state index is 0.0247. The quantitative estimate of drug-likeness (QED) is 0.938. The van der Waals surface area contributed by atoms with E-state index >= 15 is 0 Å². The average molecular weight is 292 g/mol. The normalized spacial score (nSPS) is 13.8. The van der Waals surface area contributed by atoms with Gasteiger partial charge in [-0.2, -0.15) is 0 Å². The van der Waals surface area contributed by atoms with Gasteiger partial charge in [0.05, 0.1) is 17.2 Å². The van der Waals surface area contributed by atoms with E-state index in [0.717, 1.165) is 52.8 Å². The van der Waals surface area contributed by atoms with E-state index in [2.05, 4.69) is 16.8 Å². The van der Waals surface area contributed by atoms with Gasteiger partial charge in [-0.05, 0) is 30.5 Å². The highest BCUT2D eigenvalue weighted by Crippen LogP contribution is 2.38. The summed E-state index contributed by atoms with van der Waals surface area (Å²) < 4.78 is 13.4. The van der Waals surface area contributed by atoms with Crippen LogP contribution in [0.1, 0.15) is 29.5 Å². The summed E-state index contributed by atoms with van der Waals surface area (Å²) in [5, 5.41) is 10.3. The number of halogens is 1. The van der Waals surface area contributed by atoms with Crippen LogP contribution in [0.15, 0.2) is 18.2 Å². The number of hydrogen-bond acceptors (Lipinski definition) is 4. The van der Waals surface area contributed by atoms with E-state index in [0.29, 0.717) is 0 Å². The molecule has 0 atom stereocenters. The van der Waals surface area contributed by atoms with E-state index < -0.39 is 0 Å². The molecule has 3 nitrogen and oxygen atoms in total. The van der Waals surface area contributed by atoms with Crippen molar-refractivity contribution in [1.82, 2.24) is 4.98 Å². The molecular formula is C15H17FN2OS. The zero-order valence-electron chi connectivity index (χ0n) is 11.4. The van der Waals surface area contributed by atoms with Crippen LogP contribution in [0, 0.1) is 5.82 Å². The lowest BCUT2D eigenvalue weighted by atomic mass is 10.2. The van der Waals surface area contributed by atoms with Gasteiger partial charge in [0.15, 0.2) is 5.13 Å². The second-order valence-corrected chi connectivity index (χ2v) is 6.01. The molecular weight excluding hydrogens is 275 g/mol. The van der Waals surface area contributed by atoms with Crippen LogP contribution in [0.2, 0.25) is 0 Å². The highest BCUT2D eigenvalue weighted by molar-refractivity contribution is 7.15. The zero-order valence-corrected chi connectivity index (χ0v) is 12.2. The van der Waals surface area contributed by atoms with Crippen LogP contribution < -0.4 is 4.90 Å². The summed E-state index contributed by atoms with van der Waals surface area (Å²) in [7, 11) is 0. The first-order chi connectivity index (χ1) is 9.72. The maximum Gasteiger partial charge on any atom is 0.190 e. The summed E-state index contributed by atoms with van der Waals surface area (Å²) in [6.45, 7) is 2.94. The predicted molar refractivity (Wildman–Crippen MR) is 79.1 cm³/mol. The summed E-state index contributed by atoms with van der Waals surface area (Å²) in [6, 6.07) is 4.92. The minimum atomic E-state index is -0.219. The Balaban J connectivity index is 1.97. The maximum atomic E-state index is 13.4. The van der Waals surface area contributed by atoms with Crippen molar-refractivity contribution in [3.05, 3.63) is 40.2 Å². The van der Waals surface area contributed by atoms with Crippen molar-refractivity contribution in [1.29, 1.82) is 0 Å². The van der Waals surface area contributed by atoms with Gasteiger partial charge in [-0.25, -0.2) is 9.37 Å². The molecule has 0 amide bonds. The monoisotopic (exact) mass is 292 g/mol. The fourth-order valence-electron chi connectivity index (χ4n) is 2.59. The number of hydrogen-bond donors (Lipinski definition) is 1. The van der Waals surface area contributed by atoms with E-state index in [-0.39, 0.29) is 12.4 Å². The van der Waals surface area contributed by atoms with Gasteiger partial charge in [-0.3, -0.25) is 0 Å². The van der Waals surface area contributed by atoms with Crippen LogP contribution >= 0.6 is 11.3 Å². The van der Waals surface area contributed by atoms with Crippen LogP contribution in [0.4, 0.5) is 15.2 Å². The largest absolute Gasteiger partial charge is 0.391 e. The van der Waals surface area contributed by atoms with Gasteiger partial charge in [0, 0.05) is 12.2 Å². The first-order valence-corrected chi connectivity index (χ1v) is 7.70. The number of anilines is 2. The number of benzene rings is 1. The number of thiazole rings is 1. The van der Waals surface area contributed by atoms with Gasteiger partial charge in [0.1, 0.15) is 5.82 Å². The summed E-state index contributed by atoms with van der Waals surface area (Å²) in [5.74, 6) is -0.219. The van der Waals surface area contributed by atoms with E-state index in [4.69, 9.17) is 0 Å². The Kier molecular flexibility index (Phi) is 3.72. The molecule has 0 fully saturated rings. The molecule has 1 N–H and O–H groups in total. The SMILES string of the molecule is CCCc1nc(N2CCc3ccc(F)cc32)sc1CO. The van der Waals surface area contributed by atoms with Crippen LogP contribution in [0.5, 0.6) is 0 Å². The van der Waals surface area contributed by atoms with Crippen molar-refractivity contribution >= 4 is 22.2 Å². The average Bonchev–Trinajstić information content (AvgIpc) is 3.02. The molecule has 5 heteroatoms. The summed E-state index contributed by atoms with van der Waals surface area (Å²) in [4.78, 5) is 7.62. The van der Waals surface area contributed by atoms with Gasteiger partial charge in [-0.15, -0.1) is 0 Å². The molecule has 0 unspecified atom stereocenters. The zero-order chi connectivity index (χ0) is 14.1. The molecule has 20 heavy (non-hydrogen) atoms. The van der Waals surface area contributed by atoms with Crippen molar-refractivity contribution < 1.29 is 9.50 Å². The standard InChI is InChI=1S/C15H17FN2OS/c1-2-3-12-14(9-19)20-15(17-12)18-7-6-10-4-5-11(16)8-13(10)18/h4-5,8,19H,2-3,6-7,9H2,1H3. The number of aliphatic hydroxyl groups is 1. The Hall–Kier alpha value is -1.46. The summed E-state index contributed by atoms with van der Waals surface area (Å²) in [6.07, 6.45) is 2.78. The van der Waals surface area contributed by atoms with Crippen LogP contribution in [0.25, 0.3) is 0 Å². The van der Waals surface area contributed by atoms with E-state index in [1.165, 1.54) is 17.4 Å².